The Morgan fingerprint density at radius 1 is 1.57 bits per heavy atom. The van der Waals surface area contributed by atoms with Gasteiger partial charge in [-0.05, 0) is 42.8 Å². The molecule has 23 heavy (non-hydrogen) atoms. The molecule has 2 atom stereocenters. The number of ether oxygens (including phenoxy) is 1. The fraction of sp³-hybridized carbons (Fsp3) is 0.500. The van der Waals surface area contributed by atoms with E-state index in [0.29, 0.717) is 18.8 Å². The van der Waals surface area contributed by atoms with Crippen molar-refractivity contribution in [3.05, 3.63) is 39.4 Å². The first-order valence-corrected chi connectivity index (χ1v) is 8.65. The number of H-pyrrole nitrogens is 1. The zero-order valence-corrected chi connectivity index (χ0v) is 15.1. The number of nitrogens with zero attached hydrogens (tertiary/aromatic N) is 2. The van der Waals surface area contributed by atoms with Gasteiger partial charge in [-0.3, -0.25) is 9.48 Å². The van der Waals surface area contributed by atoms with Gasteiger partial charge in [-0.25, -0.2) is 0 Å². The molecule has 0 fully saturated rings. The van der Waals surface area contributed by atoms with Crippen molar-refractivity contribution in [1.82, 2.24) is 20.1 Å². The summed E-state index contributed by atoms with van der Waals surface area (Å²) in [5, 5.41) is 7.56. The summed E-state index contributed by atoms with van der Waals surface area (Å²) in [6, 6.07) is 1.95. The van der Waals surface area contributed by atoms with Gasteiger partial charge in [-0.2, -0.15) is 5.10 Å². The Balaban J connectivity index is 1.84. The molecule has 1 amide bonds. The molecular weight excluding hydrogens is 360 g/mol. The van der Waals surface area contributed by atoms with E-state index in [-0.39, 0.29) is 18.1 Å². The Bertz CT molecular complexity index is 722. The van der Waals surface area contributed by atoms with Crippen molar-refractivity contribution in [2.24, 2.45) is 0 Å². The second kappa shape index (κ2) is 6.49. The van der Waals surface area contributed by atoms with Gasteiger partial charge in [0.05, 0.1) is 24.4 Å². The summed E-state index contributed by atoms with van der Waals surface area (Å²) >= 11 is 3.39. The Hall–Kier alpha value is -1.60. The number of aromatic amines is 1. The van der Waals surface area contributed by atoms with E-state index in [1.54, 1.807) is 4.68 Å². The standard InChI is InChI=1S/C16H21BrN4O2/c1-4-21-15(13-5-9(2)23-10(3)14(13)20-21)16(22)19-8-12-6-11(17)7-18-12/h6-7,9-10,18H,4-5,8H2,1-3H3,(H,19,22)/t9-,10+/m0/s1. The molecule has 0 bridgehead atoms. The number of halogens is 1. The highest BCUT2D eigenvalue weighted by atomic mass is 79.9. The smallest absolute Gasteiger partial charge is 0.270 e. The number of fused-ring (bicyclic) bond motifs is 1. The quantitative estimate of drug-likeness (QED) is 0.856. The highest BCUT2D eigenvalue weighted by Gasteiger charge is 2.31. The predicted octanol–water partition coefficient (Wildman–Crippen LogP) is 2.95. The molecule has 7 heteroatoms. The van der Waals surface area contributed by atoms with Crippen LogP contribution in [0.2, 0.25) is 0 Å². The monoisotopic (exact) mass is 380 g/mol. The fourth-order valence-electron chi connectivity index (χ4n) is 3.05. The second-order valence-corrected chi connectivity index (χ2v) is 6.76. The number of nitrogens with one attached hydrogen (secondary N) is 2. The molecule has 0 unspecified atom stereocenters. The van der Waals surface area contributed by atoms with Crippen LogP contribution in [0, 0.1) is 0 Å². The molecule has 0 saturated heterocycles. The normalized spacial score (nSPS) is 20.3. The van der Waals surface area contributed by atoms with E-state index in [2.05, 4.69) is 31.3 Å². The van der Waals surface area contributed by atoms with E-state index in [4.69, 9.17) is 4.74 Å². The lowest BCUT2D eigenvalue weighted by Crippen LogP contribution is -2.28. The number of aryl methyl sites for hydroxylation is 1. The van der Waals surface area contributed by atoms with Gasteiger partial charge in [0.2, 0.25) is 0 Å². The zero-order valence-electron chi connectivity index (χ0n) is 13.5. The summed E-state index contributed by atoms with van der Waals surface area (Å²) in [5.74, 6) is -0.0902. The average Bonchev–Trinajstić information content (AvgIpc) is 3.08. The number of carbonyl (C=O) groups is 1. The molecule has 2 N–H and O–H groups in total. The second-order valence-electron chi connectivity index (χ2n) is 5.85. The summed E-state index contributed by atoms with van der Waals surface area (Å²) in [5.41, 5.74) is 3.52. The summed E-state index contributed by atoms with van der Waals surface area (Å²) in [4.78, 5) is 15.8. The third-order valence-corrected chi connectivity index (χ3v) is 4.51. The molecule has 0 radical (unpaired) electrons. The molecular formula is C16H21BrN4O2. The van der Waals surface area contributed by atoms with E-state index in [1.165, 1.54) is 0 Å². The summed E-state index contributed by atoms with van der Waals surface area (Å²) in [6.07, 6.45) is 2.59. The van der Waals surface area contributed by atoms with Crippen LogP contribution in [-0.4, -0.2) is 26.8 Å². The Morgan fingerprint density at radius 2 is 2.35 bits per heavy atom. The minimum atomic E-state index is -0.0902. The lowest BCUT2D eigenvalue weighted by atomic mass is 9.99. The minimum Gasteiger partial charge on any atom is -0.369 e. The van der Waals surface area contributed by atoms with Crippen LogP contribution in [0.25, 0.3) is 0 Å². The maximum Gasteiger partial charge on any atom is 0.270 e. The summed E-state index contributed by atoms with van der Waals surface area (Å²) < 4.78 is 8.57. The Kier molecular flexibility index (Phi) is 4.59. The maximum atomic E-state index is 12.7. The highest BCUT2D eigenvalue weighted by Crippen LogP contribution is 2.31. The molecule has 0 aromatic carbocycles. The van der Waals surface area contributed by atoms with Gasteiger partial charge in [0.1, 0.15) is 5.69 Å². The van der Waals surface area contributed by atoms with Crippen molar-refractivity contribution >= 4 is 21.8 Å². The lowest BCUT2D eigenvalue weighted by molar-refractivity contribution is -0.00712. The van der Waals surface area contributed by atoms with Crippen LogP contribution in [0.4, 0.5) is 0 Å². The van der Waals surface area contributed by atoms with E-state index in [9.17, 15) is 4.79 Å². The van der Waals surface area contributed by atoms with Crippen LogP contribution in [0.3, 0.4) is 0 Å². The SMILES string of the molecule is CCn1nc2c(c1C(=O)NCc1cc(Br)c[nH]1)C[C@H](C)O[C@@H]2C. The first-order valence-electron chi connectivity index (χ1n) is 7.85. The molecule has 124 valence electrons. The molecule has 2 aromatic heterocycles. The molecule has 6 nitrogen and oxygen atoms in total. The molecule has 2 aromatic rings. The molecule has 0 saturated carbocycles. The van der Waals surface area contributed by atoms with Crippen LogP contribution in [0.15, 0.2) is 16.7 Å². The van der Waals surface area contributed by atoms with Crippen molar-refractivity contribution in [3.8, 4) is 0 Å². The predicted molar refractivity (Wildman–Crippen MR) is 90.2 cm³/mol. The fourth-order valence-corrected chi connectivity index (χ4v) is 3.44. The number of rotatable bonds is 4. The van der Waals surface area contributed by atoms with Gasteiger partial charge in [0.15, 0.2) is 0 Å². The summed E-state index contributed by atoms with van der Waals surface area (Å²) in [7, 11) is 0. The molecule has 3 heterocycles. The molecule has 0 spiro atoms. The van der Waals surface area contributed by atoms with Crippen LogP contribution in [0.1, 0.15) is 54.3 Å². The van der Waals surface area contributed by atoms with Gasteiger partial charge in [-0.1, -0.05) is 0 Å². The molecule has 1 aliphatic rings. The van der Waals surface area contributed by atoms with E-state index >= 15 is 0 Å². The highest BCUT2D eigenvalue weighted by molar-refractivity contribution is 9.10. The van der Waals surface area contributed by atoms with Gasteiger partial charge in [0, 0.05) is 34.9 Å². The van der Waals surface area contributed by atoms with E-state index in [0.717, 1.165) is 27.8 Å². The molecule has 1 aliphatic heterocycles. The van der Waals surface area contributed by atoms with Crippen LogP contribution < -0.4 is 5.32 Å². The zero-order chi connectivity index (χ0) is 16.6. The van der Waals surface area contributed by atoms with Crippen LogP contribution in [0.5, 0.6) is 0 Å². The topological polar surface area (TPSA) is 71.9 Å². The van der Waals surface area contributed by atoms with Crippen molar-refractivity contribution < 1.29 is 9.53 Å². The number of aromatic nitrogens is 3. The number of hydrogen-bond donors (Lipinski definition) is 2. The summed E-state index contributed by atoms with van der Waals surface area (Å²) in [6.45, 7) is 7.12. The first kappa shape index (κ1) is 16.3. The van der Waals surface area contributed by atoms with Gasteiger partial charge in [-0.15, -0.1) is 0 Å². The van der Waals surface area contributed by atoms with E-state index in [1.807, 2.05) is 33.0 Å². The Labute approximate surface area is 143 Å². The third kappa shape index (κ3) is 3.21. The Morgan fingerprint density at radius 3 is 3.00 bits per heavy atom. The maximum absolute atomic E-state index is 12.7. The minimum absolute atomic E-state index is 0.0764. The van der Waals surface area contributed by atoms with Crippen molar-refractivity contribution in [2.75, 3.05) is 0 Å². The largest absolute Gasteiger partial charge is 0.369 e. The van der Waals surface area contributed by atoms with Gasteiger partial charge < -0.3 is 15.0 Å². The number of carbonyl (C=O) groups excluding carboxylic acids is 1. The number of amides is 1. The lowest BCUT2D eigenvalue weighted by Gasteiger charge is -2.24. The van der Waals surface area contributed by atoms with Crippen molar-refractivity contribution in [1.29, 1.82) is 0 Å². The third-order valence-electron chi connectivity index (χ3n) is 4.06. The first-order chi connectivity index (χ1) is 11.0. The van der Waals surface area contributed by atoms with E-state index < -0.39 is 0 Å². The van der Waals surface area contributed by atoms with Gasteiger partial charge in [0.25, 0.3) is 5.91 Å². The number of hydrogen-bond acceptors (Lipinski definition) is 3. The average molecular weight is 381 g/mol. The van der Waals surface area contributed by atoms with Crippen molar-refractivity contribution in [2.45, 2.75) is 52.5 Å². The van der Waals surface area contributed by atoms with Gasteiger partial charge >= 0.3 is 0 Å². The van der Waals surface area contributed by atoms with Crippen LogP contribution in [-0.2, 0) is 24.2 Å². The molecule has 3 rings (SSSR count). The van der Waals surface area contributed by atoms with Crippen molar-refractivity contribution in [3.63, 3.8) is 0 Å². The van der Waals surface area contributed by atoms with Crippen LogP contribution >= 0.6 is 15.9 Å². The molecule has 0 aliphatic carbocycles.